The fourth-order valence-electron chi connectivity index (χ4n) is 2.99. The summed E-state index contributed by atoms with van der Waals surface area (Å²) in [6, 6.07) is 0. The molecule has 22 heavy (non-hydrogen) atoms. The zero-order valence-corrected chi connectivity index (χ0v) is 14.8. The molecule has 5 nitrogen and oxygen atoms in total. The first-order valence-corrected chi connectivity index (χ1v) is 9.58. The zero-order valence-electron chi connectivity index (χ0n) is 14.0. The van der Waals surface area contributed by atoms with Gasteiger partial charge in [0, 0.05) is 25.4 Å². The van der Waals surface area contributed by atoms with E-state index in [2.05, 4.69) is 33.9 Å². The van der Waals surface area contributed by atoms with E-state index in [0.29, 0.717) is 5.92 Å². The van der Waals surface area contributed by atoms with Crippen LogP contribution in [0.15, 0.2) is 5.16 Å². The van der Waals surface area contributed by atoms with Gasteiger partial charge in [0.2, 0.25) is 5.91 Å². The number of carbonyl (C=O) groups is 1. The highest BCUT2D eigenvalue weighted by molar-refractivity contribution is 7.98. The van der Waals surface area contributed by atoms with E-state index in [9.17, 15) is 4.79 Å². The minimum absolute atomic E-state index is 0.242. The summed E-state index contributed by atoms with van der Waals surface area (Å²) in [6.07, 6.45) is 8.35. The van der Waals surface area contributed by atoms with Gasteiger partial charge in [0.05, 0.1) is 0 Å². The number of rotatable bonds is 8. The number of aryl methyl sites for hydroxylation is 1. The molecule has 0 atom stereocenters. The minimum Gasteiger partial charge on any atom is -0.356 e. The fourth-order valence-corrected chi connectivity index (χ4v) is 3.52. The largest absolute Gasteiger partial charge is 0.356 e. The van der Waals surface area contributed by atoms with E-state index in [1.807, 2.05) is 6.26 Å². The third-order valence-electron chi connectivity index (χ3n) is 4.13. The lowest BCUT2D eigenvalue weighted by atomic mass is 10.1. The lowest BCUT2D eigenvalue weighted by molar-refractivity contribution is -0.124. The van der Waals surface area contributed by atoms with Gasteiger partial charge in [-0.15, -0.1) is 10.2 Å². The van der Waals surface area contributed by atoms with Gasteiger partial charge in [-0.3, -0.25) is 4.79 Å². The number of thioether (sulfide) groups is 1. The summed E-state index contributed by atoms with van der Waals surface area (Å²) in [5.74, 6) is 2.11. The van der Waals surface area contributed by atoms with Crippen LogP contribution in [0.3, 0.4) is 0 Å². The Morgan fingerprint density at radius 3 is 2.73 bits per heavy atom. The lowest BCUT2D eigenvalue weighted by Gasteiger charge is -2.12. The Kier molecular flexibility index (Phi) is 6.73. The van der Waals surface area contributed by atoms with Crippen LogP contribution in [0.25, 0.3) is 0 Å². The minimum atomic E-state index is 0.242. The fraction of sp³-hybridized carbons (Fsp3) is 0.812. The average molecular weight is 324 g/mol. The molecule has 1 saturated carbocycles. The van der Waals surface area contributed by atoms with Crippen LogP contribution < -0.4 is 5.32 Å². The molecular weight excluding hydrogens is 296 g/mol. The molecule has 0 radical (unpaired) electrons. The van der Waals surface area contributed by atoms with Crippen molar-refractivity contribution in [2.75, 3.05) is 12.8 Å². The Morgan fingerprint density at radius 2 is 2.09 bits per heavy atom. The van der Waals surface area contributed by atoms with Crippen molar-refractivity contribution < 1.29 is 4.79 Å². The van der Waals surface area contributed by atoms with Crippen LogP contribution in [0.2, 0.25) is 0 Å². The second kappa shape index (κ2) is 8.56. The van der Waals surface area contributed by atoms with Crippen LogP contribution >= 0.6 is 11.8 Å². The summed E-state index contributed by atoms with van der Waals surface area (Å²) in [5, 5.41) is 12.6. The van der Waals surface area contributed by atoms with Crippen molar-refractivity contribution in [3.05, 3.63) is 5.82 Å². The number of aromatic nitrogens is 3. The molecule has 0 aromatic carbocycles. The molecule has 0 saturated heterocycles. The van der Waals surface area contributed by atoms with Gasteiger partial charge in [-0.1, -0.05) is 38.5 Å². The molecule has 1 fully saturated rings. The number of nitrogens with zero attached hydrogens (tertiary/aromatic N) is 3. The van der Waals surface area contributed by atoms with Crippen molar-refractivity contribution in [3.63, 3.8) is 0 Å². The zero-order chi connectivity index (χ0) is 15.9. The Labute approximate surface area is 137 Å². The maximum absolute atomic E-state index is 12.0. The third-order valence-corrected chi connectivity index (χ3v) is 4.79. The standard InChI is InChI=1S/C16H28N4OS/c1-12(2)11-20-14(18-19-16(20)22-3)9-6-10-17-15(21)13-7-4-5-8-13/h12-13H,4-11H2,1-3H3,(H,17,21). The quantitative estimate of drug-likeness (QED) is 0.590. The van der Waals surface area contributed by atoms with Crippen LogP contribution in [0.5, 0.6) is 0 Å². The van der Waals surface area contributed by atoms with Gasteiger partial charge in [0.25, 0.3) is 0 Å². The molecule has 1 aromatic rings. The molecule has 124 valence electrons. The van der Waals surface area contributed by atoms with Gasteiger partial charge >= 0.3 is 0 Å². The van der Waals surface area contributed by atoms with Crippen molar-refractivity contribution in [1.82, 2.24) is 20.1 Å². The highest BCUT2D eigenvalue weighted by Gasteiger charge is 2.22. The van der Waals surface area contributed by atoms with E-state index in [0.717, 1.165) is 49.8 Å². The predicted molar refractivity (Wildman–Crippen MR) is 89.9 cm³/mol. The molecule has 0 bridgehead atoms. The SMILES string of the molecule is CSc1nnc(CCCNC(=O)C2CCCC2)n1CC(C)C. The average Bonchev–Trinajstić information content (AvgIpc) is 3.13. The van der Waals surface area contributed by atoms with Gasteiger partial charge in [0.15, 0.2) is 5.16 Å². The Hall–Kier alpha value is -1.04. The highest BCUT2D eigenvalue weighted by Crippen LogP contribution is 2.24. The molecule has 1 heterocycles. The van der Waals surface area contributed by atoms with Crippen LogP contribution in [0.1, 0.15) is 51.8 Å². The summed E-state index contributed by atoms with van der Waals surface area (Å²) in [4.78, 5) is 12.0. The van der Waals surface area contributed by atoms with Gasteiger partial charge in [-0.2, -0.15) is 0 Å². The van der Waals surface area contributed by atoms with Gasteiger partial charge in [-0.25, -0.2) is 0 Å². The Balaban J connectivity index is 1.78. The summed E-state index contributed by atoms with van der Waals surface area (Å²) < 4.78 is 2.22. The van der Waals surface area contributed by atoms with E-state index in [1.165, 1.54) is 12.8 Å². The van der Waals surface area contributed by atoms with E-state index < -0.39 is 0 Å². The van der Waals surface area contributed by atoms with Crippen molar-refractivity contribution in [2.45, 2.75) is 64.1 Å². The molecule has 1 aliphatic rings. The van der Waals surface area contributed by atoms with Crippen LogP contribution in [0.4, 0.5) is 0 Å². The first-order chi connectivity index (χ1) is 10.6. The molecule has 1 N–H and O–H groups in total. The summed E-state index contributed by atoms with van der Waals surface area (Å²) >= 11 is 1.64. The smallest absolute Gasteiger partial charge is 0.223 e. The normalized spacial score (nSPS) is 15.6. The monoisotopic (exact) mass is 324 g/mol. The molecule has 0 aliphatic heterocycles. The molecule has 2 rings (SSSR count). The van der Waals surface area contributed by atoms with Crippen molar-refractivity contribution in [2.24, 2.45) is 11.8 Å². The topological polar surface area (TPSA) is 59.8 Å². The van der Waals surface area contributed by atoms with Gasteiger partial charge in [-0.05, 0) is 31.4 Å². The van der Waals surface area contributed by atoms with Gasteiger partial charge < -0.3 is 9.88 Å². The van der Waals surface area contributed by atoms with E-state index in [1.54, 1.807) is 11.8 Å². The van der Waals surface area contributed by atoms with Crippen molar-refractivity contribution >= 4 is 17.7 Å². The highest BCUT2D eigenvalue weighted by atomic mass is 32.2. The summed E-state index contributed by atoms with van der Waals surface area (Å²) in [5.41, 5.74) is 0. The molecule has 1 amide bonds. The van der Waals surface area contributed by atoms with Crippen LogP contribution in [-0.2, 0) is 17.8 Å². The second-order valence-corrected chi connectivity index (χ2v) is 7.26. The lowest BCUT2D eigenvalue weighted by Crippen LogP contribution is -2.30. The summed E-state index contributed by atoms with van der Waals surface area (Å²) in [6.45, 7) is 6.09. The molecule has 1 aromatic heterocycles. The van der Waals surface area contributed by atoms with Crippen LogP contribution in [0, 0.1) is 11.8 Å². The molecular formula is C16H28N4OS. The molecule has 6 heteroatoms. The maximum atomic E-state index is 12.0. The molecule has 0 unspecified atom stereocenters. The van der Waals surface area contributed by atoms with Crippen LogP contribution in [-0.4, -0.2) is 33.5 Å². The summed E-state index contributed by atoms with van der Waals surface area (Å²) in [7, 11) is 0. The first kappa shape index (κ1) is 17.3. The number of amides is 1. The first-order valence-electron chi connectivity index (χ1n) is 8.35. The number of nitrogens with one attached hydrogen (secondary N) is 1. The van der Waals surface area contributed by atoms with Gasteiger partial charge in [0.1, 0.15) is 5.82 Å². The second-order valence-electron chi connectivity index (χ2n) is 6.48. The third kappa shape index (κ3) is 4.73. The van der Waals surface area contributed by atoms with E-state index >= 15 is 0 Å². The molecule has 1 aliphatic carbocycles. The Bertz CT molecular complexity index is 480. The van der Waals surface area contributed by atoms with E-state index in [-0.39, 0.29) is 11.8 Å². The predicted octanol–water partition coefficient (Wildman–Crippen LogP) is 2.90. The Morgan fingerprint density at radius 1 is 1.36 bits per heavy atom. The van der Waals surface area contributed by atoms with Crippen molar-refractivity contribution in [3.8, 4) is 0 Å². The van der Waals surface area contributed by atoms with Crippen molar-refractivity contribution in [1.29, 1.82) is 0 Å². The number of hydrogen-bond donors (Lipinski definition) is 1. The maximum Gasteiger partial charge on any atom is 0.223 e. The van der Waals surface area contributed by atoms with E-state index in [4.69, 9.17) is 0 Å². The number of hydrogen-bond acceptors (Lipinski definition) is 4. The number of carbonyl (C=O) groups excluding carboxylic acids is 1. The molecule has 0 spiro atoms.